The van der Waals surface area contributed by atoms with Crippen molar-refractivity contribution in [1.82, 2.24) is 10.6 Å². The molecule has 0 spiro atoms. The summed E-state index contributed by atoms with van der Waals surface area (Å²) >= 11 is 0. The van der Waals surface area contributed by atoms with Crippen LogP contribution in [0.25, 0.3) is 0 Å². The number of alkyl halides is 3. The first-order valence-electron chi connectivity index (χ1n) is 6.66. The fourth-order valence-corrected chi connectivity index (χ4v) is 2.08. The van der Waals surface area contributed by atoms with E-state index in [1.807, 2.05) is 6.92 Å². The van der Waals surface area contributed by atoms with E-state index < -0.39 is 18.2 Å². The molecule has 120 valence electrons. The number of aliphatic imine (C=N–C) groups is 1. The van der Waals surface area contributed by atoms with Gasteiger partial charge in [0.05, 0.1) is 18.6 Å². The van der Waals surface area contributed by atoms with Gasteiger partial charge in [0.15, 0.2) is 5.96 Å². The highest BCUT2D eigenvalue weighted by atomic mass is 127. The summed E-state index contributed by atoms with van der Waals surface area (Å²) in [6, 6.07) is 0. The van der Waals surface area contributed by atoms with Crippen molar-refractivity contribution in [3.63, 3.8) is 0 Å². The topological polar surface area (TPSA) is 56.7 Å². The van der Waals surface area contributed by atoms with Gasteiger partial charge in [0.1, 0.15) is 0 Å². The molecule has 0 aromatic rings. The zero-order chi connectivity index (χ0) is 14.4. The van der Waals surface area contributed by atoms with E-state index >= 15 is 0 Å². The van der Waals surface area contributed by atoms with Gasteiger partial charge in [-0.1, -0.05) is 12.8 Å². The number of nitrogens with one attached hydrogen (secondary N) is 2. The Kier molecular flexibility index (Phi) is 8.80. The molecule has 20 heavy (non-hydrogen) atoms. The number of hydrogen-bond donors (Lipinski definition) is 3. The van der Waals surface area contributed by atoms with Gasteiger partial charge in [-0.3, -0.25) is 4.99 Å². The monoisotopic (exact) mass is 409 g/mol. The third-order valence-electron chi connectivity index (χ3n) is 3.11. The Labute approximate surface area is 134 Å². The maximum atomic E-state index is 12.0. The van der Waals surface area contributed by atoms with E-state index in [9.17, 15) is 18.3 Å². The Hall–Kier alpha value is -0.250. The minimum Gasteiger partial charge on any atom is -0.388 e. The molecular weight excluding hydrogens is 386 g/mol. The smallest absolute Gasteiger partial charge is 0.388 e. The van der Waals surface area contributed by atoms with Gasteiger partial charge in [0, 0.05) is 13.1 Å². The predicted molar refractivity (Wildman–Crippen MR) is 83.5 cm³/mol. The van der Waals surface area contributed by atoms with Crippen molar-refractivity contribution in [2.45, 2.75) is 50.8 Å². The van der Waals surface area contributed by atoms with E-state index in [4.69, 9.17) is 0 Å². The van der Waals surface area contributed by atoms with Crippen molar-refractivity contribution in [3.05, 3.63) is 0 Å². The molecular formula is C12H23F3IN3O. The minimum atomic E-state index is -4.17. The maximum absolute atomic E-state index is 12.0. The summed E-state index contributed by atoms with van der Waals surface area (Å²) in [6.45, 7) is 2.42. The van der Waals surface area contributed by atoms with Gasteiger partial charge in [-0.15, -0.1) is 24.0 Å². The zero-order valence-electron chi connectivity index (χ0n) is 11.6. The van der Waals surface area contributed by atoms with Crippen molar-refractivity contribution in [2.75, 3.05) is 19.6 Å². The van der Waals surface area contributed by atoms with Crippen LogP contribution < -0.4 is 10.6 Å². The fourth-order valence-electron chi connectivity index (χ4n) is 2.08. The molecule has 1 rings (SSSR count). The zero-order valence-corrected chi connectivity index (χ0v) is 13.9. The molecule has 1 fully saturated rings. The van der Waals surface area contributed by atoms with E-state index in [0.29, 0.717) is 25.3 Å². The average molecular weight is 409 g/mol. The Morgan fingerprint density at radius 3 is 2.35 bits per heavy atom. The summed E-state index contributed by atoms with van der Waals surface area (Å²) in [5, 5.41) is 15.6. The number of hydrogen-bond acceptors (Lipinski definition) is 2. The van der Waals surface area contributed by atoms with Gasteiger partial charge in [0.2, 0.25) is 0 Å². The fraction of sp³-hybridized carbons (Fsp3) is 0.917. The highest BCUT2D eigenvalue weighted by molar-refractivity contribution is 14.0. The number of aliphatic hydroxyl groups is 1. The number of guanidine groups is 1. The summed E-state index contributed by atoms with van der Waals surface area (Å²) < 4.78 is 36.1. The molecule has 0 radical (unpaired) electrons. The molecule has 3 N–H and O–H groups in total. The molecule has 0 saturated heterocycles. The third-order valence-corrected chi connectivity index (χ3v) is 3.11. The normalized spacial score (nSPS) is 18.6. The molecule has 0 atom stereocenters. The van der Waals surface area contributed by atoms with E-state index in [2.05, 4.69) is 15.6 Å². The van der Waals surface area contributed by atoms with Crippen LogP contribution >= 0.6 is 24.0 Å². The van der Waals surface area contributed by atoms with Gasteiger partial charge < -0.3 is 15.7 Å². The van der Waals surface area contributed by atoms with E-state index in [1.54, 1.807) is 0 Å². The van der Waals surface area contributed by atoms with Gasteiger partial charge in [-0.25, -0.2) is 0 Å². The lowest BCUT2D eigenvalue weighted by molar-refractivity contribution is -0.132. The molecule has 0 unspecified atom stereocenters. The second-order valence-electron chi connectivity index (χ2n) is 4.92. The van der Waals surface area contributed by atoms with Crippen molar-refractivity contribution in [3.8, 4) is 0 Å². The Balaban J connectivity index is 0.00000361. The van der Waals surface area contributed by atoms with Crippen LogP contribution in [0.1, 0.15) is 39.0 Å². The minimum absolute atomic E-state index is 0. The molecule has 8 heteroatoms. The highest BCUT2D eigenvalue weighted by Gasteiger charge is 2.31. The van der Waals surface area contributed by atoms with E-state index in [1.165, 1.54) is 0 Å². The van der Waals surface area contributed by atoms with Crippen molar-refractivity contribution >= 4 is 29.9 Å². The third kappa shape index (κ3) is 8.13. The summed E-state index contributed by atoms with van der Waals surface area (Å²) in [4.78, 5) is 4.16. The SMILES string of the molecule is CCNC(=NCC1(O)CCCC1)NCCC(F)(F)F.I. The molecule has 4 nitrogen and oxygen atoms in total. The molecule has 0 aliphatic heterocycles. The standard InChI is InChI=1S/C12H22F3N3O.HI/c1-2-16-10(17-8-7-12(13,14)15)18-9-11(19)5-3-4-6-11;/h19H,2-9H2,1H3,(H2,16,17,18);1H. The van der Waals surface area contributed by atoms with Gasteiger partial charge in [0.25, 0.3) is 0 Å². The number of halogens is 4. The lowest BCUT2D eigenvalue weighted by Gasteiger charge is -2.20. The van der Waals surface area contributed by atoms with Gasteiger partial charge in [-0.2, -0.15) is 13.2 Å². The Morgan fingerprint density at radius 1 is 1.25 bits per heavy atom. The van der Waals surface area contributed by atoms with Crippen molar-refractivity contribution in [2.24, 2.45) is 4.99 Å². The van der Waals surface area contributed by atoms with E-state index in [-0.39, 0.29) is 37.1 Å². The first-order valence-corrected chi connectivity index (χ1v) is 6.66. The van der Waals surface area contributed by atoms with Crippen LogP contribution in [0.2, 0.25) is 0 Å². The van der Waals surface area contributed by atoms with Crippen LogP contribution in [0.4, 0.5) is 13.2 Å². The van der Waals surface area contributed by atoms with Gasteiger partial charge in [-0.05, 0) is 19.8 Å². The molecule has 0 amide bonds. The molecule has 0 bridgehead atoms. The second-order valence-corrected chi connectivity index (χ2v) is 4.92. The van der Waals surface area contributed by atoms with Crippen LogP contribution in [0.5, 0.6) is 0 Å². The second kappa shape index (κ2) is 8.91. The van der Waals surface area contributed by atoms with Crippen molar-refractivity contribution < 1.29 is 18.3 Å². The molecule has 1 aliphatic rings. The lowest BCUT2D eigenvalue weighted by Crippen LogP contribution is -2.40. The van der Waals surface area contributed by atoms with Crippen LogP contribution in [-0.4, -0.2) is 42.5 Å². The van der Waals surface area contributed by atoms with Crippen LogP contribution in [0.3, 0.4) is 0 Å². The predicted octanol–water partition coefficient (Wildman–Crippen LogP) is 2.42. The Morgan fingerprint density at radius 2 is 1.85 bits per heavy atom. The molecule has 0 aromatic carbocycles. The Bertz CT molecular complexity index is 305. The van der Waals surface area contributed by atoms with Crippen LogP contribution in [0.15, 0.2) is 4.99 Å². The average Bonchev–Trinajstić information content (AvgIpc) is 2.72. The first kappa shape index (κ1) is 19.8. The highest BCUT2D eigenvalue weighted by Crippen LogP contribution is 2.29. The number of rotatable bonds is 5. The summed E-state index contributed by atoms with van der Waals surface area (Å²) in [5.41, 5.74) is -0.785. The maximum Gasteiger partial charge on any atom is 0.390 e. The quantitative estimate of drug-likeness (QED) is 0.372. The molecule has 1 saturated carbocycles. The number of nitrogens with zero attached hydrogens (tertiary/aromatic N) is 1. The van der Waals surface area contributed by atoms with E-state index in [0.717, 1.165) is 12.8 Å². The molecule has 0 heterocycles. The van der Waals surface area contributed by atoms with Crippen LogP contribution in [-0.2, 0) is 0 Å². The molecule has 1 aliphatic carbocycles. The van der Waals surface area contributed by atoms with Crippen LogP contribution in [0, 0.1) is 0 Å². The largest absolute Gasteiger partial charge is 0.390 e. The molecule has 0 aromatic heterocycles. The van der Waals surface area contributed by atoms with Gasteiger partial charge >= 0.3 is 6.18 Å². The summed E-state index contributed by atoms with van der Waals surface area (Å²) in [6.07, 6.45) is -1.71. The first-order chi connectivity index (χ1) is 8.85. The lowest BCUT2D eigenvalue weighted by atomic mass is 10.0. The summed E-state index contributed by atoms with van der Waals surface area (Å²) in [5.74, 6) is 0.326. The van der Waals surface area contributed by atoms with Crippen molar-refractivity contribution in [1.29, 1.82) is 0 Å². The summed E-state index contributed by atoms with van der Waals surface area (Å²) in [7, 11) is 0.